The molecule has 0 saturated heterocycles. The third-order valence-corrected chi connectivity index (χ3v) is 5.93. The van der Waals surface area contributed by atoms with Crippen molar-refractivity contribution in [2.45, 2.75) is 44.2 Å². The Bertz CT molecular complexity index is 927. The summed E-state index contributed by atoms with van der Waals surface area (Å²) in [4.78, 5) is 25.0. The van der Waals surface area contributed by atoms with Crippen LogP contribution >= 0.6 is 0 Å². The van der Waals surface area contributed by atoms with Crippen molar-refractivity contribution >= 4 is 21.9 Å². The van der Waals surface area contributed by atoms with Gasteiger partial charge in [-0.25, -0.2) is 17.9 Å². The minimum absolute atomic E-state index is 0.0688. The third kappa shape index (κ3) is 6.13. The van der Waals surface area contributed by atoms with E-state index in [1.54, 1.807) is 44.2 Å². The molecule has 0 radical (unpaired) electrons. The maximum Gasteiger partial charge on any atom is 0.333 e. The number of carbonyl (C=O) groups is 2. The number of amides is 1. The number of hydrogen-bond acceptors (Lipinski definition) is 5. The molecule has 1 amide bonds. The average molecular weight is 419 g/mol. The Labute approximate surface area is 171 Å². The van der Waals surface area contributed by atoms with Crippen LogP contribution in [0.3, 0.4) is 0 Å². The summed E-state index contributed by atoms with van der Waals surface area (Å²) in [6.07, 6.45) is 0.661. The van der Waals surface area contributed by atoms with Crippen molar-refractivity contribution in [2.75, 3.05) is 6.61 Å². The lowest BCUT2D eigenvalue weighted by molar-refractivity contribution is -0.145. The van der Waals surface area contributed by atoms with E-state index in [1.165, 1.54) is 24.3 Å². The zero-order valence-corrected chi connectivity index (χ0v) is 17.5. The van der Waals surface area contributed by atoms with E-state index >= 15 is 0 Å². The molecule has 0 aromatic heterocycles. The predicted octanol–water partition coefficient (Wildman–Crippen LogP) is 2.80. The summed E-state index contributed by atoms with van der Waals surface area (Å²) in [7, 11) is -3.66. The van der Waals surface area contributed by atoms with Crippen LogP contribution in [0.5, 0.6) is 0 Å². The van der Waals surface area contributed by atoms with Gasteiger partial charge in [-0.05, 0) is 50.1 Å². The summed E-state index contributed by atoms with van der Waals surface area (Å²) in [6, 6.07) is 13.2. The molecule has 2 atom stereocenters. The number of nitrogens with one attached hydrogen (secondary N) is 2. The van der Waals surface area contributed by atoms with Gasteiger partial charge >= 0.3 is 5.97 Å². The van der Waals surface area contributed by atoms with E-state index in [1.807, 2.05) is 6.92 Å². The molecule has 0 heterocycles. The number of hydrogen-bond donors (Lipinski definition) is 2. The van der Waals surface area contributed by atoms with Crippen LogP contribution in [-0.2, 0) is 19.6 Å². The van der Waals surface area contributed by atoms with Crippen LogP contribution in [-0.4, -0.2) is 32.9 Å². The SMILES string of the molecule is CCOC(=O)[C@H](NC(=O)c1ccc(S(=O)(=O)N[C@@H](C)CC)cc1)c1ccccc1. The fraction of sp³-hybridized carbons (Fsp3) is 0.333. The van der Waals surface area contributed by atoms with Crippen LogP contribution in [0.15, 0.2) is 59.5 Å². The van der Waals surface area contributed by atoms with Crippen LogP contribution in [0, 0.1) is 0 Å². The van der Waals surface area contributed by atoms with E-state index in [-0.39, 0.29) is 23.1 Å². The summed E-state index contributed by atoms with van der Waals surface area (Å²) in [5, 5.41) is 2.66. The quantitative estimate of drug-likeness (QED) is 0.610. The molecular formula is C21H26N2O5S. The monoisotopic (exact) mass is 418 g/mol. The second-order valence-corrected chi connectivity index (χ2v) is 8.24. The lowest BCUT2D eigenvalue weighted by Crippen LogP contribution is -2.35. The number of carbonyl (C=O) groups excluding carboxylic acids is 2. The molecule has 0 unspecified atom stereocenters. The highest BCUT2D eigenvalue weighted by atomic mass is 32.2. The Morgan fingerprint density at radius 2 is 1.62 bits per heavy atom. The molecule has 0 saturated carbocycles. The largest absolute Gasteiger partial charge is 0.464 e. The Morgan fingerprint density at radius 1 is 1.00 bits per heavy atom. The first-order valence-corrected chi connectivity index (χ1v) is 10.9. The lowest BCUT2D eigenvalue weighted by atomic mass is 10.1. The molecule has 2 rings (SSSR count). The highest BCUT2D eigenvalue weighted by molar-refractivity contribution is 7.89. The van der Waals surface area contributed by atoms with Gasteiger partial charge in [0.1, 0.15) is 0 Å². The van der Waals surface area contributed by atoms with E-state index in [0.29, 0.717) is 12.0 Å². The summed E-state index contributed by atoms with van der Waals surface area (Å²) in [6.45, 7) is 5.54. The van der Waals surface area contributed by atoms with Crippen molar-refractivity contribution in [2.24, 2.45) is 0 Å². The number of ether oxygens (including phenoxy) is 1. The normalized spacial score (nSPS) is 13.3. The predicted molar refractivity (Wildman–Crippen MR) is 110 cm³/mol. The number of benzene rings is 2. The van der Waals surface area contributed by atoms with E-state index < -0.39 is 27.9 Å². The van der Waals surface area contributed by atoms with Crippen LogP contribution in [0.1, 0.15) is 49.2 Å². The Kier molecular flexibility index (Phi) is 7.92. The smallest absolute Gasteiger partial charge is 0.333 e. The van der Waals surface area contributed by atoms with E-state index in [0.717, 1.165) is 0 Å². The highest BCUT2D eigenvalue weighted by Crippen LogP contribution is 2.17. The fourth-order valence-corrected chi connectivity index (χ4v) is 3.89. The third-order valence-electron chi connectivity index (χ3n) is 4.33. The van der Waals surface area contributed by atoms with E-state index in [2.05, 4.69) is 10.0 Å². The second-order valence-electron chi connectivity index (χ2n) is 6.52. The molecule has 0 spiro atoms. The number of esters is 1. The van der Waals surface area contributed by atoms with Crippen molar-refractivity contribution in [3.8, 4) is 0 Å². The molecule has 2 N–H and O–H groups in total. The van der Waals surface area contributed by atoms with Crippen LogP contribution in [0.2, 0.25) is 0 Å². The standard InChI is InChI=1S/C21H26N2O5S/c1-4-15(3)23-29(26,27)18-13-11-17(12-14-18)20(24)22-19(21(25)28-5-2)16-9-7-6-8-10-16/h6-15,19,23H,4-5H2,1-3H3,(H,22,24)/t15-,19+/m0/s1. The minimum Gasteiger partial charge on any atom is -0.464 e. The molecule has 7 nitrogen and oxygen atoms in total. The molecule has 0 aliphatic carbocycles. The van der Waals surface area contributed by atoms with Gasteiger partial charge in [0.25, 0.3) is 5.91 Å². The van der Waals surface area contributed by atoms with Crippen molar-refractivity contribution in [1.82, 2.24) is 10.0 Å². The molecule has 29 heavy (non-hydrogen) atoms. The van der Waals surface area contributed by atoms with Crippen molar-refractivity contribution in [1.29, 1.82) is 0 Å². The van der Waals surface area contributed by atoms with Crippen molar-refractivity contribution in [3.05, 3.63) is 65.7 Å². The lowest BCUT2D eigenvalue weighted by Gasteiger charge is -2.18. The topological polar surface area (TPSA) is 102 Å². The minimum atomic E-state index is -3.66. The van der Waals surface area contributed by atoms with Gasteiger partial charge in [-0.2, -0.15) is 0 Å². The van der Waals surface area contributed by atoms with Crippen LogP contribution in [0.4, 0.5) is 0 Å². The first kappa shape index (κ1) is 22.6. The Balaban J connectivity index is 2.19. The first-order chi connectivity index (χ1) is 13.8. The van der Waals surface area contributed by atoms with Gasteiger partial charge in [0.15, 0.2) is 6.04 Å². The maximum atomic E-state index is 12.6. The molecule has 2 aromatic rings. The van der Waals surface area contributed by atoms with Gasteiger partial charge < -0.3 is 10.1 Å². The van der Waals surface area contributed by atoms with Gasteiger partial charge in [-0.15, -0.1) is 0 Å². The molecule has 156 valence electrons. The van der Waals surface area contributed by atoms with Gasteiger partial charge in [0.05, 0.1) is 11.5 Å². The Morgan fingerprint density at radius 3 is 2.17 bits per heavy atom. The van der Waals surface area contributed by atoms with Gasteiger partial charge in [0.2, 0.25) is 10.0 Å². The summed E-state index contributed by atoms with van der Waals surface area (Å²) in [5.41, 5.74) is 0.828. The molecular weight excluding hydrogens is 392 g/mol. The molecule has 0 aliphatic heterocycles. The van der Waals surface area contributed by atoms with Crippen LogP contribution in [0.25, 0.3) is 0 Å². The number of rotatable bonds is 9. The molecule has 0 fully saturated rings. The summed E-state index contributed by atoms with van der Waals surface area (Å²) < 4.78 is 32.3. The molecule has 8 heteroatoms. The molecule has 2 aromatic carbocycles. The van der Waals surface area contributed by atoms with Crippen LogP contribution < -0.4 is 10.0 Å². The van der Waals surface area contributed by atoms with E-state index in [4.69, 9.17) is 4.74 Å². The van der Waals surface area contributed by atoms with Crippen molar-refractivity contribution < 1.29 is 22.7 Å². The fourth-order valence-electron chi connectivity index (χ4n) is 2.57. The Hall–Kier alpha value is -2.71. The van der Waals surface area contributed by atoms with E-state index in [9.17, 15) is 18.0 Å². The summed E-state index contributed by atoms with van der Waals surface area (Å²) >= 11 is 0. The highest BCUT2D eigenvalue weighted by Gasteiger charge is 2.25. The number of sulfonamides is 1. The van der Waals surface area contributed by atoms with Crippen molar-refractivity contribution in [3.63, 3.8) is 0 Å². The van der Waals surface area contributed by atoms with Gasteiger partial charge in [-0.1, -0.05) is 37.3 Å². The zero-order valence-electron chi connectivity index (χ0n) is 16.7. The molecule has 0 bridgehead atoms. The second kappa shape index (κ2) is 10.2. The summed E-state index contributed by atoms with van der Waals surface area (Å²) in [5.74, 6) is -1.07. The maximum absolute atomic E-state index is 12.6. The average Bonchev–Trinajstić information content (AvgIpc) is 2.72. The first-order valence-electron chi connectivity index (χ1n) is 9.43. The van der Waals surface area contributed by atoms with Gasteiger partial charge in [-0.3, -0.25) is 4.79 Å². The van der Waals surface area contributed by atoms with Gasteiger partial charge in [0, 0.05) is 11.6 Å². The zero-order chi connectivity index (χ0) is 21.4. The molecule has 0 aliphatic rings.